The maximum absolute atomic E-state index is 13.3. The van der Waals surface area contributed by atoms with Crippen LogP contribution in [0.4, 0.5) is 4.39 Å². The molecule has 1 saturated carbocycles. The first-order chi connectivity index (χ1) is 10.8. The number of hydrogen-bond acceptors (Lipinski definition) is 0. The van der Waals surface area contributed by atoms with E-state index in [1.807, 2.05) is 6.07 Å². The van der Waals surface area contributed by atoms with Crippen molar-refractivity contribution in [3.8, 4) is 0 Å². The molecule has 0 radical (unpaired) electrons. The minimum atomic E-state index is -0.0650. The summed E-state index contributed by atoms with van der Waals surface area (Å²) in [5.74, 6) is 2.73. The molecule has 0 nitrogen and oxygen atoms in total. The number of rotatable bonds is 5. The molecule has 1 aromatic rings. The maximum Gasteiger partial charge on any atom is 0.123 e. The quantitative estimate of drug-likeness (QED) is 0.558. The van der Waals surface area contributed by atoms with Crippen molar-refractivity contribution in [2.24, 2.45) is 17.8 Å². The third-order valence-electron chi connectivity index (χ3n) is 6.21. The number of fused-ring (bicyclic) bond motifs is 1. The lowest BCUT2D eigenvalue weighted by Crippen LogP contribution is -2.26. The number of hydrogen-bond donors (Lipinski definition) is 0. The SMILES string of the molecule is CCCCCC1CCC(C2CCc3cc(F)ccc3C2)CC1. The predicted octanol–water partition coefficient (Wildman–Crippen LogP) is 6.32. The molecule has 122 valence electrons. The van der Waals surface area contributed by atoms with Crippen LogP contribution in [0.15, 0.2) is 18.2 Å². The molecule has 3 rings (SSSR count). The summed E-state index contributed by atoms with van der Waals surface area (Å²) in [4.78, 5) is 0. The van der Waals surface area contributed by atoms with Crippen LogP contribution in [-0.4, -0.2) is 0 Å². The van der Waals surface area contributed by atoms with Gasteiger partial charge in [0.05, 0.1) is 0 Å². The Bertz CT molecular complexity index is 471. The number of aryl methyl sites for hydroxylation is 1. The molecule has 0 amide bonds. The van der Waals surface area contributed by atoms with E-state index in [2.05, 4.69) is 6.92 Å². The van der Waals surface area contributed by atoms with E-state index in [1.54, 1.807) is 12.1 Å². The summed E-state index contributed by atoms with van der Waals surface area (Å²) in [5, 5.41) is 0. The van der Waals surface area contributed by atoms with Crippen molar-refractivity contribution < 1.29 is 4.39 Å². The Morgan fingerprint density at radius 3 is 2.55 bits per heavy atom. The zero-order valence-electron chi connectivity index (χ0n) is 14.1. The first kappa shape index (κ1) is 16.0. The largest absolute Gasteiger partial charge is 0.207 e. The Balaban J connectivity index is 1.49. The molecule has 22 heavy (non-hydrogen) atoms. The highest BCUT2D eigenvalue weighted by atomic mass is 19.1. The molecule has 1 heteroatoms. The summed E-state index contributed by atoms with van der Waals surface area (Å²) in [6.45, 7) is 2.30. The molecule has 2 aliphatic carbocycles. The second-order valence-electron chi connectivity index (χ2n) is 7.69. The average molecular weight is 302 g/mol. The van der Waals surface area contributed by atoms with Gasteiger partial charge in [-0.2, -0.15) is 0 Å². The van der Waals surface area contributed by atoms with Gasteiger partial charge in [-0.15, -0.1) is 0 Å². The van der Waals surface area contributed by atoms with Gasteiger partial charge in [-0.1, -0.05) is 51.5 Å². The highest BCUT2D eigenvalue weighted by Gasteiger charge is 2.30. The van der Waals surface area contributed by atoms with Gasteiger partial charge in [0.15, 0.2) is 0 Å². The van der Waals surface area contributed by atoms with Crippen molar-refractivity contribution in [3.63, 3.8) is 0 Å². The van der Waals surface area contributed by atoms with E-state index in [0.717, 1.165) is 24.2 Å². The standard InChI is InChI=1S/C21H31F/c1-2-3-4-5-16-6-8-17(9-7-16)18-10-11-20-15-21(22)13-12-19(20)14-18/h12-13,15-18H,2-11,14H2,1H3. The van der Waals surface area contributed by atoms with Gasteiger partial charge in [-0.3, -0.25) is 0 Å². The summed E-state index contributed by atoms with van der Waals surface area (Å²) in [6.07, 6.45) is 15.0. The van der Waals surface area contributed by atoms with Crippen LogP contribution in [0.25, 0.3) is 0 Å². The smallest absolute Gasteiger partial charge is 0.123 e. The highest BCUT2D eigenvalue weighted by molar-refractivity contribution is 5.30. The molecule has 0 aromatic heterocycles. The molecule has 1 aromatic carbocycles. The maximum atomic E-state index is 13.3. The van der Waals surface area contributed by atoms with Crippen molar-refractivity contribution in [1.29, 1.82) is 0 Å². The van der Waals surface area contributed by atoms with Crippen molar-refractivity contribution in [1.82, 2.24) is 0 Å². The van der Waals surface area contributed by atoms with Crippen molar-refractivity contribution >= 4 is 0 Å². The molecular weight excluding hydrogens is 271 g/mol. The van der Waals surface area contributed by atoms with Crippen LogP contribution in [-0.2, 0) is 12.8 Å². The lowest BCUT2D eigenvalue weighted by molar-refractivity contribution is 0.183. The summed E-state index contributed by atoms with van der Waals surface area (Å²) < 4.78 is 13.3. The fraction of sp³-hybridized carbons (Fsp3) is 0.714. The van der Waals surface area contributed by atoms with E-state index in [9.17, 15) is 4.39 Å². The van der Waals surface area contributed by atoms with Crippen LogP contribution in [0.5, 0.6) is 0 Å². The summed E-state index contributed by atoms with van der Waals surface area (Å²) in [6, 6.07) is 5.44. The summed E-state index contributed by atoms with van der Waals surface area (Å²) in [7, 11) is 0. The minimum absolute atomic E-state index is 0.0650. The van der Waals surface area contributed by atoms with Crippen molar-refractivity contribution in [2.45, 2.75) is 77.6 Å². The third kappa shape index (κ3) is 3.91. The van der Waals surface area contributed by atoms with E-state index < -0.39 is 0 Å². The van der Waals surface area contributed by atoms with Gasteiger partial charge >= 0.3 is 0 Å². The molecule has 0 spiro atoms. The normalized spacial score (nSPS) is 28.4. The topological polar surface area (TPSA) is 0 Å². The molecular formula is C21H31F. The highest BCUT2D eigenvalue weighted by Crippen LogP contribution is 2.40. The minimum Gasteiger partial charge on any atom is -0.207 e. The fourth-order valence-corrected chi connectivity index (χ4v) is 4.79. The van der Waals surface area contributed by atoms with Crippen LogP contribution < -0.4 is 0 Å². The molecule has 0 heterocycles. The number of benzene rings is 1. The first-order valence-corrected chi connectivity index (χ1v) is 9.53. The van der Waals surface area contributed by atoms with E-state index in [0.29, 0.717) is 0 Å². The lowest BCUT2D eigenvalue weighted by Gasteiger charge is -2.36. The van der Waals surface area contributed by atoms with Crippen molar-refractivity contribution in [2.75, 3.05) is 0 Å². The van der Waals surface area contributed by atoms with Gasteiger partial charge < -0.3 is 0 Å². The molecule has 0 N–H and O–H groups in total. The van der Waals surface area contributed by atoms with E-state index in [4.69, 9.17) is 0 Å². The van der Waals surface area contributed by atoms with Crippen LogP contribution in [0.2, 0.25) is 0 Å². The fourth-order valence-electron chi connectivity index (χ4n) is 4.79. The second kappa shape index (κ2) is 7.62. The van der Waals surface area contributed by atoms with Gasteiger partial charge in [0.25, 0.3) is 0 Å². The van der Waals surface area contributed by atoms with Crippen LogP contribution in [0.1, 0.15) is 75.8 Å². The number of unbranched alkanes of at least 4 members (excludes halogenated alkanes) is 2. The number of halogens is 1. The molecule has 0 bridgehead atoms. The average Bonchev–Trinajstić information content (AvgIpc) is 2.55. The Kier molecular flexibility index (Phi) is 5.55. The monoisotopic (exact) mass is 302 g/mol. The molecule has 0 aliphatic heterocycles. The first-order valence-electron chi connectivity index (χ1n) is 9.53. The zero-order valence-corrected chi connectivity index (χ0v) is 14.1. The molecule has 1 fully saturated rings. The lowest BCUT2D eigenvalue weighted by atomic mass is 9.69. The Hall–Kier alpha value is -0.850. The molecule has 0 saturated heterocycles. The van der Waals surface area contributed by atoms with Gasteiger partial charge in [-0.25, -0.2) is 4.39 Å². The Morgan fingerprint density at radius 2 is 1.77 bits per heavy atom. The van der Waals surface area contributed by atoms with Gasteiger partial charge in [0.2, 0.25) is 0 Å². The Labute approximate surface area is 135 Å². The van der Waals surface area contributed by atoms with E-state index in [-0.39, 0.29) is 5.82 Å². The summed E-state index contributed by atoms with van der Waals surface area (Å²) >= 11 is 0. The van der Waals surface area contributed by atoms with Crippen LogP contribution >= 0.6 is 0 Å². The predicted molar refractivity (Wildman–Crippen MR) is 91.5 cm³/mol. The second-order valence-corrected chi connectivity index (χ2v) is 7.69. The Morgan fingerprint density at radius 1 is 0.955 bits per heavy atom. The van der Waals surface area contributed by atoms with Crippen LogP contribution in [0.3, 0.4) is 0 Å². The molecule has 1 atom stereocenters. The van der Waals surface area contributed by atoms with Gasteiger partial charge in [-0.05, 0) is 73.1 Å². The summed E-state index contributed by atoms with van der Waals surface area (Å²) in [5.41, 5.74) is 2.69. The van der Waals surface area contributed by atoms with E-state index >= 15 is 0 Å². The van der Waals surface area contributed by atoms with Gasteiger partial charge in [0.1, 0.15) is 5.82 Å². The zero-order chi connectivity index (χ0) is 15.4. The van der Waals surface area contributed by atoms with Gasteiger partial charge in [0, 0.05) is 0 Å². The third-order valence-corrected chi connectivity index (χ3v) is 6.21. The molecule has 1 unspecified atom stereocenters. The van der Waals surface area contributed by atoms with Crippen LogP contribution in [0, 0.1) is 23.6 Å². The van der Waals surface area contributed by atoms with Crippen molar-refractivity contribution in [3.05, 3.63) is 35.1 Å². The molecule has 2 aliphatic rings. The van der Waals surface area contributed by atoms with E-state index in [1.165, 1.54) is 75.3 Å².